The molecule has 0 spiro atoms. The van der Waals surface area contributed by atoms with Crippen molar-refractivity contribution in [3.05, 3.63) is 34.8 Å². The Bertz CT molecular complexity index is 758. The molecule has 5 N–H and O–H groups in total. The molecule has 3 rings (SSSR count). The fourth-order valence-electron chi connectivity index (χ4n) is 2.49. The largest absolute Gasteiger partial charge is 0.376 e. The molecule has 2 aromatic rings. The first kappa shape index (κ1) is 18.1. The van der Waals surface area contributed by atoms with Crippen LogP contribution in [-0.4, -0.2) is 41.4 Å². The Balaban J connectivity index is 1.44. The highest BCUT2D eigenvalue weighted by Crippen LogP contribution is 2.13. The fourth-order valence-corrected chi connectivity index (χ4v) is 3.04. The number of aromatic nitrogens is 2. The van der Waals surface area contributed by atoms with Gasteiger partial charge in [0.05, 0.1) is 12.6 Å². The Morgan fingerprint density at radius 3 is 2.69 bits per heavy atom. The number of nitrogens with zero attached hydrogens (tertiary/aromatic N) is 2. The number of urea groups is 1. The number of ether oxygens (including phenoxy) is 1. The summed E-state index contributed by atoms with van der Waals surface area (Å²) < 4.78 is 5.47. The van der Waals surface area contributed by atoms with Gasteiger partial charge in [0.25, 0.3) is 5.91 Å². The van der Waals surface area contributed by atoms with Crippen molar-refractivity contribution < 1.29 is 14.3 Å². The van der Waals surface area contributed by atoms with Crippen molar-refractivity contribution in [3.63, 3.8) is 0 Å². The van der Waals surface area contributed by atoms with E-state index in [4.69, 9.17) is 10.5 Å². The Labute approximate surface area is 154 Å². The molecule has 138 valence electrons. The van der Waals surface area contributed by atoms with Gasteiger partial charge in [0.15, 0.2) is 0 Å². The summed E-state index contributed by atoms with van der Waals surface area (Å²) in [5, 5.41) is 16.7. The van der Waals surface area contributed by atoms with Gasteiger partial charge in [-0.15, -0.1) is 10.2 Å². The van der Waals surface area contributed by atoms with E-state index < -0.39 is 0 Å². The molecule has 1 aromatic heterocycles. The highest BCUT2D eigenvalue weighted by molar-refractivity contribution is 7.15. The molecule has 2 heterocycles. The molecule has 1 aliphatic heterocycles. The number of hydrogen-bond donors (Lipinski definition) is 4. The van der Waals surface area contributed by atoms with Gasteiger partial charge in [-0.05, 0) is 37.1 Å². The van der Waals surface area contributed by atoms with Gasteiger partial charge in [0.1, 0.15) is 5.01 Å². The molecule has 3 amide bonds. The van der Waals surface area contributed by atoms with E-state index >= 15 is 0 Å². The van der Waals surface area contributed by atoms with Crippen LogP contribution in [0.1, 0.15) is 28.2 Å². The molecule has 0 bridgehead atoms. The monoisotopic (exact) mass is 376 g/mol. The molecule has 10 heteroatoms. The standard InChI is InChI=1S/C16H20N6O3S/c17-15-22-21-13(26-15)9-19-16(24)20-11-5-3-10(4-6-11)14(23)18-8-12-2-1-7-25-12/h3-6,12H,1-2,7-9H2,(H2,17,22)(H,18,23)(H2,19,20,24)/t12-/m0/s1. The van der Waals surface area contributed by atoms with Gasteiger partial charge in [0.2, 0.25) is 5.13 Å². The minimum atomic E-state index is -0.380. The van der Waals surface area contributed by atoms with Crippen LogP contribution in [0.2, 0.25) is 0 Å². The molecule has 1 aromatic carbocycles. The SMILES string of the molecule is Nc1nnc(CNC(=O)Nc2ccc(C(=O)NC[C@@H]3CCCO3)cc2)s1. The van der Waals surface area contributed by atoms with E-state index in [9.17, 15) is 9.59 Å². The number of nitrogens with two attached hydrogens (primary N) is 1. The molecule has 1 saturated heterocycles. The topological polar surface area (TPSA) is 131 Å². The van der Waals surface area contributed by atoms with Crippen LogP contribution in [0, 0.1) is 0 Å². The van der Waals surface area contributed by atoms with Crippen LogP contribution in [0.15, 0.2) is 24.3 Å². The van der Waals surface area contributed by atoms with E-state index in [0.29, 0.717) is 27.9 Å². The number of hydrogen-bond acceptors (Lipinski definition) is 7. The van der Waals surface area contributed by atoms with Crippen LogP contribution in [0.25, 0.3) is 0 Å². The Kier molecular flexibility index (Phi) is 5.97. The lowest BCUT2D eigenvalue weighted by molar-refractivity contribution is 0.0858. The highest BCUT2D eigenvalue weighted by Gasteiger charge is 2.16. The smallest absolute Gasteiger partial charge is 0.319 e. The van der Waals surface area contributed by atoms with E-state index in [1.165, 1.54) is 11.3 Å². The van der Waals surface area contributed by atoms with Gasteiger partial charge in [-0.3, -0.25) is 4.79 Å². The molecular formula is C16H20N6O3S. The molecule has 26 heavy (non-hydrogen) atoms. The van der Waals surface area contributed by atoms with Gasteiger partial charge >= 0.3 is 6.03 Å². The molecular weight excluding hydrogens is 356 g/mol. The second-order valence-corrected chi connectivity index (χ2v) is 6.86. The zero-order valence-corrected chi connectivity index (χ0v) is 14.8. The summed E-state index contributed by atoms with van der Waals surface area (Å²) in [5.74, 6) is -0.162. The third kappa shape index (κ3) is 5.14. The second kappa shape index (κ2) is 8.59. The Morgan fingerprint density at radius 2 is 2.04 bits per heavy atom. The van der Waals surface area contributed by atoms with Crippen LogP contribution < -0.4 is 21.7 Å². The third-order valence-electron chi connectivity index (χ3n) is 3.80. The normalized spacial score (nSPS) is 16.2. The van der Waals surface area contributed by atoms with Gasteiger partial charge < -0.3 is 26.4 Å². The summed E-state index contributed by atoms with van der Waals surface area (Å²) >= 11 is 1.21. The predicted octanol–water partition coefficient (Wildman–Crippen LogP) is 1.35. The summed E-state index contributed by atoms with van der Waals surface area (Å²) in [6.45, 7) is 1.51. The lowest BCUT2D eigenvalue weighted by Gasteiger charge is -2.11. The molecule has 9 nitrogen and oxygen atoms in total. The van der Waals surface area contributed by atoms with E-state index in [1.54, 1.807) is 24.3 Å². The van der Waals surface area contributed by atoms with Crippen LogP contribution >= 0.6 is 11.3 Å². The van der Waals surface area contributed by atoms with Crippen molar-refractivity contribution in [2.75, 3.05) is 24.2 Å². The van der Waals surface area contributed by atoms with E-state index in [-0.39, 0.29) is 24.6 Å². The number of nitrogen functional groups attached to an aromatic ring is 1. The molecule has 0 unspecified atom stereocenters. The van der Waals surface area contributed by atoms with Gasteiger partial charge in [-0.1, -0.05) is 11.3 Å². The number of anilines is 2. The number of rotatable bonds is 6. The van der Waals surface area contributed by atoms with E-state index in [0.717, 1.165) is 19.4 Å². The maximum Gasteiger partial charge on any atom is 0.319 e. The molecule has 1 atom stereocenters. The van der Waals surface area contributed by atoms with Crippen LogP contribution in [0.3, 0.4) is 0 Å². The summed E-state index contributed by atoms with van der Waals surface area (Å²) in [6.07, 6.45) is 2.11. The number of amides is 3. The minimum absolute atomic E-state index is 0.104. The van der Waals surface area contributed by atoms with E-state index in [2.05, 4.69) is 26.1 Å². The molecule has 0 aliphatic carbocycles. The van der Waals surface area contributed by atoms with Crippen molar-refractivity contribution in [1.82, 2.24) is 20.8 Å². The molecule has 1 aliphatic rings. The number of carbonyl (C=O) groups is 2. The van der Waals surface area contributed by atoms with Crippen LogP contribution in [0.5, 0.6) is 0 Å². The quantitative estimate of drug-likeness (QED) is 0.602. The first-order valence-corrected chi connectivity index (χ1v) is 9.04. The van der Waals surface area contributed by atoms with Crippen molar-refractivity contribution in [3.8, 4) is 0 Å². The average molecular weight is 376 g/mol. The Hall–Kier alpha value is -2.72. The summed E-state index contributed by atoms with van der Waals surface area (Å²) in [5.41, 5.74) is 6.59. The average Bonchev–Trinajstić information content (AvgIpc) is 3.30. The first-order chi connectivity index (χ1) is 12.6. The summed E-state index contributed by atoms with van der Waals surface area (Å²) in [4.78, 5) is 24.0. The zero-order chi connectivity index (χ0) is 18.4. The predicted molar refractivity (Wildman–Crippen MR) is 97.9 cm³/mol. The lowest BCUT2D eigenvalue weighted by Crippen LogP contribution is -2.31. The maximum atomic E-state index is 12.1. The maximum absolute atomic E-state index is 12.1. The molecule has 1 fully saturated rings. The zero-order valence-electron chi connectivity index (χ0n) is 14.0. The Morgan fingerprint density at radius 1 is 1.23 bits per heavy atom. The van der Waals surface area contributed by atoms with Crippen molar-refractivity contribution in [1.29, 1.82) is 0 Å². The van der Waals surface area contributed by atoms with Gasteiger partial charge in [-0.2, -0.15) is 0 Å². The van der Waals surface area contributed by atoms with Crippen molar-refractivity contribution in [2.24, 2.45) is 0 Å². The molecule has 0 saturated carbocycles. The number of carbonyl (C=O) groups excluding carboxylic acids is 2. The van der Waals surface area contributed by atoms with Gasteiger partial charge in [0, 0.05) is 24.4 Å². The minimum Gasteiger partial charge on any atom is -0.376 e. The van der Waals surface area contributed by atoms with Crippen molar-refractivity contribution in [2.45, 2.75) is 25.5 Å². The van der Waals surface area contributed by atoms with Gasteiger partial charge in [-0.25, -0.2) is 4.79 Å². The summed E-state index contributed by atoms with van der Waals surface area (Å²) in [7, 11) is 0. The van der Waals surface area contributed by atoms with E-state index in [1.807, 2.05) is 0 Å². The first-order valence-electron chi connectivity index (χ1n) is 8.23. The number of benzene rings is 1. The fraction of sp³-hybridized carbons (Fsp3) is 0.375. The summed E-state index contributed by atoms with van der Waals surface area (Å²) in [6, 6.07) is 6.28. The lowest BCUT2D eigenvalue weighted by atomic mass is 10.2. The molecule has 0 radical (unpaired) electrons. The highest BCUT2D eigenvalue weighted by atomic mass is 32.1. The third-order valence-corrected chi connectivity index (χ3v) is 4.55. The second-order valence-electron chi connectivity index (χ2n) is 5.76. The van der Waals surface area contributed by atoms with Crippen LogP contribution in [-0.2, 0) is 11.3 Å². The number of nitrogens with one attached hydrogen (secondary N) is 3. The van der Waals surface area contributed by atoms with Crippen LogP contribution in [0.4, 0.5) is 15.6 Å². The van der Waals surface area contributed by atoms with Crippen molar-refractivity contribution >= 4 is 34.1 Å².